The maximum atomic E-state index is 14.6. The molecule has 1 amide bonds. The van der Waals surface area contributed by atoms with Crippen LogP contribution in [0.15, 0.2) is 53.4 Å². The maximum Gasteiger partial charge on any atom is 0.264 e. The number of thioether (sulfide) groups is 1. The average molecular weight is 723 g/mol. The summed E-state index contributed by atoms with van der Waals surface area (Å²) in [5, 5.41) is 10.1. The van der Waals surface area contributed by atoms with Gasteiger partial charge in [0.2, 0.25) is 11.8 Å². The van der Waals surface area contributed by atoms with Crippen molar-refractivity contribution in [2.75, 3.05) is 17.1 Å². The molecule has 0 radical (unpaired) electrons. The standard InChI is InChI=1S/C39H54N4O5S2/c1-26-11-8-12-27(2)35(26)33-24-34-41-37(40-33)42-50(46,47)32-15-9-14-29(23-32)36(44)43(31(25-48-34)20-21-38(3,4)5)30-18-16-28(17-19-30)13-10-22-49-39(6,7)45/h8-9,11-12,14-15,23-24,28,30-31,45H,10,13,16-22,25H2,1-7H3,(H,40,41,42)/t28?,30?,31-/m1/s1. The molecule has 1 atom stereocenters. The van der Waals surface area contributed by atoms with Crippen LogP contribution in [0.2, 0.25) is 0 Å². The summed E-state index contributed by atoms with van der Waals surface area (Å²) in [5.41, 5.74) is 3.82. The third-order valence-electron chi connectivity index (χ3n) is 9.76. The Kier molecular flexibility index (Phi) is 11.9. The van der Waals surface area contributed by atoms with Gasteiger partial charge in [0.15, 0.2) is 0 Å². The Bertz CT molecular complexity index is 1740. The van der Waals surface area contributed by atoms with E-state index in [4.69, 9.17) is 4.74 Å². The Morgan fingerprint density at radius 2 is 1.64 bits per heavy atom. The third-order valence-corrected chi connectivity index (χ3v) is 12.3. The molecule has 2 heterocycles. The Labute approximate surface area is 303 Å². The second-order valence-electron chi connectivity index (χ2n) is 15.7. The van der Waals surface area contributed by atoms with Crippen LogP contribution in [0.4, 0.5) is 5.95 Å². The smallest absolute Gasteiger partial charge is 0.264 e. The van der Waals surface area contributed by atoms with Crippen molar-refractivity contribution in [2.24, 2.45) is 11.3 Å². The van der Waals surface area contributed by atoms with E-state index in [9.17, 15) is 18.3 Å². The number of hydrogen-bond acceptors (Lipinski definition) is 8. The maximum absolute atomic E-state index is 14.6. The van der Waals surface area contributed by atoms with Gasteiger partial charge < -0.3 is 14.7 Å². The van der Waals surface area contributed by atoms with Gasteiger partial charge in [0.1, 0.15) is 11.5 Å². The summed E-state index contributed by atoms with van der Waals surface area (Å²) in [6.45, 7) is 14.5. The molecule has 1 aliphatic carbocycles. The first-order valence-electron chi connectivity index (χ1n) is 17.9. The third kappa shape index (κ3) is 10.0. The quantitative estimate of drug-likeness (QED) is 0.167. The van der Waals surface area contributed by atoms with E-state index in [1.165, 1.54) is 12.1 Å². The molecule has 0 unspecified atom stereocenters. The zero-order valence-corrected chi connectivity index (χ0v) is 32.3. The molecule has 272 valence electrons. The fourth-order valence-corrected chi connectivity index (χ4v) is 8.93. The van der Waals surface area contributed by atoms with E-state index in [1.807, 2.05) is 50.8 Å². The molecule has 2 aromatic carbocycles. The van der Waals surface area contributed by atoms with E-state index in [0.717, 1.165) is 73.8 Å². The normalized spacial score (nSPS) is 21.3. The van der Waals surface area contributed by atoms with Gasteiger partial charge >= 0.3 is 0 Å². The first kappa shape index (κ1) is 38.1. The summed E-state index contributed by atoms with van der Waals surface area (Å²) in [5.74, 6) is 1.49. The van der Waals surface area contributed by atoms with Crippen LogP contribution in [0.25, 0.3) is 11.3 Å². The summed E-state index contributed by atoms with van der Waals surface area (Å²) in [6, 6.07) is 13.8. The van der Waals surface area contributed by atoms with Crippen LogP contribution in [0, 0.1) is 25.2 Å². The van der Waals surface area contributed by atoms with Crippen molar-refractivity contribution in [1.82, 2.24) is 14.9 Å². The van der Waals surface area contributed by atoms with Crippen molar-refractivity contribution in [3.8, 4) is 17.1 Å². The van der Waals surface area contributed by atoms with Gasteiger partial charge in [0.05, 0.1) is 16.6 Å². The Morgan fingerprint density at radius 3 is 2.30 bits per heavy atom. The van der Waals surface area contributed by atoms with E-state index in [-0.39, 0.29) is 46.7 Å². The average Bonchev–Trinajstić information content (AvgIpc) is 3.03. The lowest BCUT2D eigenvalue weighted by Crippen LogP contribution is -2.51. The van der Waals surface area contributed by atoms with Gasteiger partial charge in [0.25, 0.3) is 15.9 Å². The van der Waals surface area contributed by atoms with E-state index in [1.54, 1.807) is 30.0 Å². The molecule has 3 aromatic rings. The number of anilines is 1. The minimum absolute atomic E-state index is 0.00674. The molecule has 2 N–H and O–H groups in total. The fourth-order valence-electron chi connectivity index (χ4n) is 7.13. The molecule has 0 spiro atoms. The number of rotatable bonds is 9. The number of sulfonamides is 1. The molecule has 50 heavy (non-hydrogen) atoms. The highest BCUT2D eigenvalue weighted by Gasteiger charge is 2.36. The van der Waals surface area contributed by atoms with Gasteiger partial charge in [-0.25, -0.2) is 18.1 Å². The van der Waals surface area contributed by atoms with Crippen LogP contribution in [-0.2, 0) is 10.0 Å². The lowest BCUT2D eigenvalue weighted by molar-refractivity contribution is 0.0339. The lowest BCUT2D eigenvalue weighted by Gasteiger charge is -2.42. The minimum Gasteiger partial charge on any atom is -0.475 e. The van der Waals surface area contributed by atoms with E-state index in [0.29, 0.717) is 17.2 Å². The van der Waals surface area contributed by atoms with E-state index >= 15 is 0 Å². The zero-order chi connectivity index (χ0) is 36.3. The van der Waals surface area contributed by atoms with Crippen molar-refractivity contribution in [3.05, 3.63) is 65.2 Å². The second-order valence-corrected chi connectivity index (χ2v) is 19.1. The number of fused-ring (bicyclic) bond motifs is 4. The van der Waals surface area contributed by atoms with Crippen molar-refractivity contribution >= 4 is 33.6 Å². The number of nitrogens with one attached hydrogen (secondary N) is 1. The number of ether oxygens (including phenoxy) is 1. The molecule has 4 bridgehead atoms. The fraction of sp³-hybridized carbons (Fsp3) is 0.564. The first-order chi connectivity index (χ1) is 23.5. The number of carbonyl (C=O) groups excluding carboxylic acids is 1. The van der Waals surface area contributed by atoms with Gasteiger partial charge in [-0.2, -0.15) is 4.98 Å². The molecule has 11 heteroatoms. The second kappa shape index (κ2) is 15.6. The molecule has 5 rings (SSSR count). The van der Waals surface area contributed by atoms with Crippen LogP contribution >= 0.6 is 11.8 Å². The summed E-state index contributed by atoms with van der Waals surface area (Å²) in [4.78, 5) is 25.1. The predicted octanol–water partition coefficient (Wildman–Crippen LogP) is 8.39. The highest BCUT2D eigenvalue weighted by atomic mass is 32.2. The lowest BCUT2D eigenvalue weighted by atomic mass is 9.81. The van der Waals surface area contributed by atoms with Crippen molar-refractivity contribution in [1.29, 1.82) is 0 Å². The number of amides is 1. The predicted molar refractivity (Wildman–Crippen MR) is 202 cm³/mol. The number of nitrogens with zero attached hydrogens (tertiary/aromatic N) is 3. The Morgan fingerprint density at radius 1 is 0.960 bits per heavy atom. The first-order valence-corrected chi connectivity index (χ1v) is 20.4. The van der Waals surface area contributed by atoms with Crippen molar-refractivity contribution in [2.45, 2.75) is 122 Å². The van der Waals surface area contributed by atoms with Crippen LogP contribution in [-0.4, -0.2) is 63.7 Å². The number of hydrogen-bond donors (Lipinski definition) is 2. The van der Waals surface area contributed by atoms with Gasteiger partial charge in [-0.05, 0) is 125 Å². The minimum atomic E-state index is -4.13. The summed E-state index contributed by atoms with van der Waals surface area (Å²) < 4.78 is 36.5. The Hall–Kier alpha value is -3.15. The molecular weight excluding hydrogens is 669 g/mol. The van der Waals surface area contributed by atoms with Crippen LogP contribution in [0.5, 0.6) is 5.88 Å². The molecule has 1 fully saturated rings. The topological polar surface area (TPSA) is 122 Å². The molecule has 1 aromatic heterocycles. The zero-order valence-electron chi connectivity index (χ0n) is 30.7. The SMILES string of the molecule is Cc1cccc(C)c1-c1cc2nc(n1)NS(=O)(=O)c1cccc(c1)C(=O)N(C1CCC(CCCSC(C)(C)O)CC1)[C@H](CCC(C)(C)C)CO2. The molecule has 9 nitrogen and oxygen atoms in total. The number of aromatic nitrogens is 2. The number of aliphatic hydroxyl groups is 1. The van der Waals surface area contributed by atoms with Crippen LogP contribution < -0.4 is 9.46 Å². The van der Waals surface area contributed by atoms with Gasteiger partial charge in [-0.15, -0.1) is 11.8 Å². The van der Waals surface area contributed by atoms with E-state index in [2.05, 4.69) is 35.5 Å². The number of aryl methyl sites for hydroxylation is 2. The summed E-state index contributed by atoms with van der Waals surface area (Å²) >= 11 is 1.58. The monoisotopic (exact) mass is 722 g/mol. The summed E-state index contributed by atoms with van der Waals surface area (Å²) in [6.07, 6.45) is 7.52. The Balaban J connectivity index is 1.52. The molecule has 1 saturated carbocycles. The van der Waals surface area contributed by atoms with Crippen molar-refractivity contribution < 1.29 is 23.1 Å². The van der Waals surface area contributed by atoms with Crippen molar-refractivity contribution in [3.63, 3.8) is 0 Å². The van der Waals surface area contributed by atoms with Crippen LogP contribution in [0.3, 0.4) is 0 Å². The number of benzene rings is 2. The highest BCUT2D eigenvalue weighted by Crippen LogP contribution is 2.36. The van der Waals surface area contributed by atoms with Crippen LogP contribution in [0.1, 0.15) is 107 Å². The molecule has 2 aliphatic rings. The molecule has 0 saturated heterocycles. The van der Waals surface area contributed by atoms with Gasteiger partial charge in [-0.3, -0.25) is 4.79 Å². The van der Waals surface area contributed by atoms with E-state index < -0.39 is 15.0 Å². The highest BCUT2D eigenvalue weighted by molar-refractivity contribution is 8.00. The largest absolute Gasteiger partial charge is 0.475 e. The summed E-state index contributed by atoms with van der Waals surface area (Å²) in [7, 11) is -4.13. The molecule has 1 aliphatic heterocycles. The number of carbonyl (C=O) groups is 1. The van der Waals surface area contributed by atoms with Gasteiger partial charge in [0, 0.05) is 23.2 Å². The van der Waals surface area contributed by atoms with Gasteiger partial charge in [-0.1, -0.05) is 45.0 Å². The molecular formula is C39H54N4O5S2.